The van der Waals surface area contributed by atoms with Crippen molar-refractivity contribution in [3.8, 4) is 11.4 Å². The van der Waals surface area contributed by atoms with E-state index in [9.17, 15) is 26.7 Å². The van der Waals surface area contributed by atoms with Crippen LogP contribution in [-0.2, 0) is 6.18 Å². The number of rotatable bonds is 6. The van der Waals surface area contributed by atoms with E-state index in [0.717, 1.165) is 19.3 Å². The Bertz CT molecular complexity index is 1290. The summed E-state index contributed by atoms with van der Waals surface area (Å²) in [7, 11) is 0. The number of nitrogens with zero attached hydrogens (tertiary/aromatic N) is 4. The number of amides is 1. The van der Waals surface area contributed by atoms with Gasteiger partial charge in [-0.05, 0) is 61.4 Å². The van der Waals surface area contributed by atoms with E-state index in [4.69, 9.17) is 0 Å². The average Bonchev–Trinajstić information content (AvgIpc) is 3.51. The molecule has 1 atom stereocenters. The first-order chi connectivity index (χ1) is 17.2. The lowest BCUT2D eigenvalue weighted by molar-refractivity contribution is -0.138. The molecule has 3 aromatic rings. The fourth-order valence-corrected chi connectivity index (χ4v) is 4.76. The number of carbonyl (C=O) groups is 1. The molecule has 1 N–H and O–H groups in total. The van der Waals surface area contributed by atoms with Gasteiger partial charge >= 0.3 is 6.18 Å². The topological polar surface area (TPSA) is 71.0 Å². The largest absolute Gasteiger partial charge is 0.417 e. The highest BCUT2D eigenvalue weighted by atomic mass is 19.4. The zero-order chi connectivity index (χ0) is 25.5. The Kier molecular flexibility index (Phi) is 6.09. The Balaban J connectivity index is 0.00000320. The molecule has 0 unspecified atom stereocenters. The number of anilines is 1. The minimum Gasteiger partial charge on any atom is -0.368 e. The maximum absolute atomic E-state index is 14.2. The Morgan fingerprint density at radius 2 is 1.89 bits per heavy atom. The van der Waals surface area contributed by atoms with E-state index in [-0.39, 0.29) is 36.7 Å². The predicted molar refractivity (Wildman–Crippen MR) is 123 cm³/mol. The van der Waals surface area contributed by atoms with Gasteiger partial charge in [-0.25, -0.2) is 23.7 Å². The highest BCUT2D eigenvalue weighted by molar-refractivity contribution is 6.00. The molecule has 1 saturated heterocycles. The number of halogens is 5. The minimum absolute atomic E-state index is 0. The quantitative estimate of drug-likeness (QED) is 0.443. The molecule has 2 aliphatic rings. The second kappa shape index (κ2) is 9.11. The molecule has 1 saturated carbocycles. The molecule has 5 rings (SSSR count). The van der Waals surface area contributed by atoms with Gasteiger partial charge < -0.3 is 10.2 Å². The van der Waals surface area contributed by atoms with Gasteiger partial charge in [-0.3, -0.25) is 4.79 Å². The lowest BCUT2D eigenvalue weighted by atomic mass is 10.0. The fourth-order valence-electron chi connectivity index (χ4n) is 4.76. The Morgan fingerprint density at radius 3 is 2.56 bits per heavy atom. The number of alkyl halides is 3. The van der Waals surface area contributed by atoms with Gasteiger partial charge in [0.25, 0.3) is 5.91 Å². The smallest absolute Gasteiger partial charge is 0.368 e. The van der Waals surface area contributed by atoms with E-state index in [0.29, 0.717) is 36.6 Å². The van der Waals surface area contributed by atoms with Gasteiger partial charge in [0.2, 0.25) is 0 Å². The SMILES string of the molecule is O=C(c1cc(F)ccc1-c1ncccn1)N1CC2(CC2)C[C@H]1CCNc1ncc(C(F)(F)F)cc1F.[HH]. The molecule has 190 valence electrons. The van der Waals surface area contributed by atoms with E-state index < -0.39 is 23.4 Å². The first-order valence-electron chi connectivity index (χ1n) is 11.5. The van der Waals surface area contributed by atoms with Gasteiger partial charge in [-0.1, -0.05) is 0 Å². The van der Waals surface area contributed by atoms with Crippen molar-refractivity contribution in [3.63, 3.8) is 0 Å². The van der Waals surface area contributed by atoms with E-state index in [1.54, 1.807) is 11.0 Å². The number of pyridine rings is 1. The van der Waals surface area contributed by atoms with Crippen LogP contribution in [0.15, 0.2) is 48.9 Å². The molecule has 0 radical (unpaired) electrons. The highest BCUT2D eigenvalue weighted by Crippen LogP contribution is 2.55. The van der Waals surface area contributed by atoms with Crippen molar-refractivity contribution in [2.24, 2.45) is 5.41 Å². The second-order valence-corrected chi connectivity index (χ2v) is 9.32. The van der Waals surface area contributed by atoms with Crippen molar-refractivity contribution in [2.45, 2.75) is 37.9 Å². The van der Waals surface area contributed by atoms with Crippen LogP contribution in [0.1, 0.15) is 43.0 Å². The number of hydrogen-bond donors (Lipinski definition) is 1. The second-order valence-electron chi connectivity index (χ2n) is 9.32. The summed E-state index contributed by atoms with van der Waals surface area (Å²) in [5, 5.41) is 2.74. The predicted octanol–water partition coefficient (Wildman–Crippen LogP) is 5.58. The summed E-state index contributed by atoms with van der Waals surface area (Å²) in [5.74, 6) is -1.97. The molecule has 1 aliphatic carbocycles. The molecule has 6 nitrogen and oxygen atoms in total. The first-order valence-corrected chi connectivity index (χ1v) is 11.5. The number of hydrogen-bond acceptors (Lipinski definition) is 5. The summed E-state index contributed by atoms with van der Waals surface area (Å²) in [6.07, 6.45) is 2.10. The van der Waals surface area contributed by atoms with Crippen molar-refractivity contribution < 1.29 is 28.2 Å². The standard InChI is InChI=1S/C25H22F5N5O.H2/c26-16-2-3-18(21-31-7-1-8-32-21)19(11-16)23(36)35-14-24(5-6-24)12-17(35)4-9-33-22-20(27)10-15(13-34-22)25(28,29)30;/h1-3,7-8,10-11,13,17H,4-6,9,12,14H2,(H,33,34);1H/t17-;/m1./s1. The van der Waals surface area contributed by atoms with Crippen LogP contribution in [0, 0.1) is 17.0 Å². The number of likely N-dealkylation sites (tertiary alicyclic amines) is 1. The van der Waals surface area contributed by atoms with Gasteiger partial charge in [-0.2, -0.15) is 13.2 Å². The molecule has 2 aromatic heterocycles. The van der Waals surface area contributed by atoms with Gasteiger partial charge in [-0.15, -0.1) is 0 Å². The minimum atomic E-state index is -4.68. The molecule has 1 amide bonds. The number of nitrogens with one attached hydrogen (secondary N) is 1. The van der Waals surface area contributed by atoms with Crippen LogP contribution in [0.2, 0.25) is 0 Å². The third kappa shape index (κ3) is 4.87. The van der Waals surface area contributed by atoms with Crippen LogP contribution < -0.4 is 5.32 Å². The van der Waals surface area contributed by atoms with Crippen molar-refractivity contribution in [1.29, 1.82) is 0 Å². The zero-order valence-corrected chi connectivity index (χ0v) is 19.0. The van der Waals surface area contributed by atoms with Crippen LogP contribution in [0.3, 0.4) is 0 Å². The van der Waals surface area contributed by atoms with Gasteiger partial charge in [0, 0.05) is 44.7 Å². The van der Waals surface area contributed by atoms with Crippen LogP contribution in [-0.4, -0.2) is 44.9 Å². The number of aromatic nitrogens is 3. The van der Waals surface area contributed by atoms with E-state index in [1.165, 1.54) is 30.6 Å². The lowest BCUT2D eigenvalue weighted by Crippen LogP contribution is -2.37. The molecule has 3 heterocycles. The number of carbonyl (C=O) groups excluding carboxylic acids is 1. The average molecular weight is 505 g/mol. The Labute approximate surface area is 205 Å². The molecule has 0 bridgehead atoms. The molecule has 11 heteroatoms. The summed E-state index contributed by atoms with van der Waals surface area (Å²) < 4.78 is 66.6. The molecule has 1 spiro atoms. The maximum Gasteiger partial charge on any atom is 0.417 e. The number of benzene rings is 1. The van der Waals surface area contributed by atoms with E-state index in [2.05, 4.69) is 20.3 Å². The van der Waals surface area contributed by atoms with E-state index >= 15 is 0 Å². The third-order valence-electron chi connectivity index (χ3n) is 6.79. The normalized spacial score (nSPS) is 18.5. The summed E-state index contributed by atoms with van der Waals surface area (Å²) in [6.45, 7) is 0.715. The summed E-state index contributed by atoms with van der Waals surface area (Å²) in [4.78, 5) is 27.3. The lowest BCUT2D eigenvalue weighted by Gasteiger charge is -2.26. The van der Waals surface area contributed by atoms with Crippen molar-refractivity contribution in [3.05, 3.63) is 71.7 Å². The van der Waals surface area contributed by atoms with Crippen LogP contribution in [0.25, 0.3) is 11.4 Å². The molecule has 1 aromatic carbocycles. The Morgan fingerprint density at radius 1 is 1.14 bits per heavy atom. The summed E-state index contributed by atoms with van der Waals surface area (Å²) in [5.41, 5.74) is -0.560. The summed E-state index contributed by atoms with van der Waals surface area (Å²) in [6, 6.07) is 5.75. The molecule has 2 fully saturated rings. The van der Waals surface area contributed by atoms with Crippen molar-refractivity contribution in [2.75, 3.05) is 18.4 Å². The van der Waals surface area contributed by atoms with Crippen molar-refractivity contribution >= 4 is 11.7 Å². The third-order valence-corrected chi connectivity index (χ3v) is 6.79. The molecule has 36 heavy (non-hydrogen) atoms. The van der Waals surface area contributed by atoms with Crippen molar-refractivity contribution in [1.82, 2.24) is 19.9 Å². The van der Waals surface area contributed by atoms with Gasteiger partial charge in [0.05, 0.1) is 11.1 Å². The molecule has 1 aliphatic heterocycles. The highest BCUT2D eigenvalue weighted by Gasteiger charge is 2.53. The van der Waals surface area contributed by atoms with Crippen LogP contribution >= 0.6 is 0 Å². The zero-order valence-electron chi connectivity index (χ0n) is 19.0. The molecular formula is C25H24F5N5O. The first kappa shape index (κ1) is 24.1. The van der Waals surface area contributed by atoms with Gasteiger partial charge in [0.15, 0.2) is 17.5 Å². The van der Waals surface area contributed by atoms with E-state index in [1.807, 2.05) is 0 Å². The maximum atomic E-state index is 14.2. The monoisotopic (exact) mass is 505 g/mol. The fraction of sp³-hybridized carbons (Fsp3) is 0.360. The molecular weight excluding hydrogens is 481 g/mol. The van der Waals surface area contributed by atoms with Crippen LogP contribution in [0.5, 0.6) is 0 Å². The Hall–Kier alpha value is -3.63. The van der Waals surface area contributed by atoms with Gasteiger partial charge in [0.1, 0.15) is 5.82 Å². The van der Waals surface area contributed by atoms with Crippen LogP contribution in [0.4, 0.5) is 27.8 Å². The summed E-state index contributed by atoms with van der Waals surface area (Å²) >= 11 is 0.